The first-order valence-electron chi connectivity index (χ1n) is 12.7. The number of aryl methyl sites for hydroxylation is 3. The van der Waals surface area contributed by atoms with E-state index < -0.39 is 0 Å². The van der Waals surface area contributed by atoms with E-state index in [4.69, 9.17) is 4.74 Å². The van der Waals surface area contributed by atoms with Gasteiger partial charge in [0.1, 0.15) is 5.75 Å². The van der Waals surface area contributed by atoms with Crippen LogP contribution in [0, 0.1) is 27.7 Å². The van der Waals surface area contributed by atoms with Crippen LogP contribution >= 0.6 is 0 Å². The van der Waals surface area contributed by atoms with Crippen molar-refractivity contribution in [1.82, 2.24) is 0 Å². The number of benzene rings is 4. The number of nitrogens with zero attached hydrogens (tertiary/aromatic N) is 2. The maximum absolute atomic E-state index is 6.28. The van der Waals surface area contributed by atoms with Crippen LogP contribution in [0.5, 0.6) is 5.75 Å². The minimum absolute atomic E-state index is 0.131. The van der Waals surface area contributed by atoms with Crippen molar-refractivity contribution in [2.24, 2.45) is 0 Å². The molecule has 0 radical (unpaired) electrons. The van der Waals surface area contributed by atoms with Crippen LogP contribution in [-0.4, -0.2) is 12.8 Å². The molecule has 3 nitrogen and oxygen atoms in total. The van der Waals surface area contributed by atoms with Gasteiger partial charge in [0.15, 0.2) is 0 Å². The summed E-state index contributed by atoms with van der Waals surface area (Å²) < 4.78 is 6.28. The molecule has 2 heterocycles. The predicted octanol–water partition coefficient (Wildman–Crippen LogP) is 7.83. The second-order valence-corrected chi connectivity index (χ2v) is 10.6. The van der Waals surface area contributed by atoms with Gasteiger partial charge < -0.3 is 14.5 Å². The second-order valence-electron chi connectivity index (χ2n) is 10.6. The van der Waals surface area contributed by atoms with Crippen LogP contribution in [-0.2, 0) is 13.1 Å². The molecule has 0 fully saturated rings. The lowest BCUT2D eigenvalue weighted by molar-refractivity contribution is 0.245. The van der Waals surface area contributed by atoms with Gasteiger partial charge in [0, 0.05) is 29.9 Å². The molecule has 0 atom stereocenters. The van der Waals surface area contributed by atoms with Crippen LogP contribution in [0.25, 0.3) is 21.9 Å². The van der Waals surface area contributed by atoms with Crippen molar-refractivity contribution in [1.29, 1.82) is 0 Å². The van der Waals surface area contributed by atoms with Gasteiger partial charge in [-0.25, -0.2) is 0 Å². The van der Waals surface area contributed by atoms with Gasteiger partial charge in [0.25, 0.3) is 0 Å². The predicted molar refractivity (Wildman–Crippen MR) is 148 cm³/mol. The smallest absolute Gasteiger partial charge is 0.128 e. The van der Waals surface area contributed by atoms with Crippen molar-refractivity contribution in [2.75, 3.05) is 16.5 Å². The molecule has 0 saturated heterocycles. The summed E-state index contributed by atoms with van der Waals surface area (Å²) in [6.45, 7) is 16.2. The van der Waals surface area contributed by atoms with Crippen molar-refractivity contribution in [2.45, 2.75) is 60.7 Å². The average Bonchev–Trinajstić information content (AvgIpc) is 2.83. The zero-order valence-electron chi connectivity index (χ0n) is 21.7. The molecule has 6 rings (SSSR count). The molecular weight excluding hydrogens is 428 g/mol. The summed E-state index contributed by atoms with van der Waals surface area (Å²) in [5, 5.41) is 2.43. The molecule has 4 aromatic carbocycles. The van der Waals surface area contributed by atoms with E-state index in [1.807, 2.05) is 0 Å². The van der Waals surface area contributed by atoms with Crippen molar-refractivity contribution in [3.05, 3.63) is 88.0 Å². The fourth-order valence-corrected chi connectivity index (χ4v) is 6.25. The first-order chi connectivity index (χ1) is 16.8. The summed E-state index contributed by atoms with van der Waals surface area (Å²) in [5.74, 6) is 0.965. The molecule has 178 valence electrons. The molecular formula is C32H34N2O. The zero-order chi connectivity index (χ0) is 24.4. The van der Waals surface area contributed by atoms with Crippen LogP contribution in [0.3, 0.4) is 0 Å². The normalized spacial score (nSPS) is 14.4. The molecule has 0 N–H and O–H groups in total. The lowest BCUT2D eigenvalue weighted by Gasteiger charge is -2.47. The van der Waals surface area contributed by atoms with Crippen LogP contribution in [0.15, 0.2) is 54.6 Å². The van der Waals surface area contributed by atoms with Crippen molar-refractivity contribution >= 4 is 22.1 Å². The molecule has 0 aliphatic carbocycles. The zero-order valence-corrected chi connectivity index (χ0v) is 21.7. The highest BCUT2D eigenvalue weighted by Gasteiger charge is 2.33. The minimum Gasteiger partial charge on any atom is -0.490 e. The van der Waals surface area contributed by atoms with Crippen molar-refractivity contribution in [3.63, 3.8) is 0 Å². The fourth-order valence-electron chi connectivity index (χ4n) is 6.25. The molecule has 0 amide bonds. The van der Waals surface area contributed by atoms with E-state index in [-0.39, 0.29) is 6.10 Å². The van der Waals surface area contributed by atoms with Gasteiger partial charge in [-0.05, 0) is 104 Å². The molecule has 3 heteroatoms. The topological polar surface area (TPSA) is 15.7 Å². The fraction of sp³-hybridized carbons (Fsp3) is 0.312. The second kappa shape index (κ2) is 8.05. The third-order valence-corrected chi connectivity index (χ3v) is 7.79. The lowest BCUT2D eigenvalue weighted by atomic mass is 9.87. The number of hydrogen-bond donors (Lipinski definition) is 0. The number of ether oxygens (including phenoxy) is 1. The Morgan fingerprint density at radius 1 is 0.714 bits per heavy atom. The third kappa shape index (κ3) is 3.40. The van der Waals surface area contributed by atoms with Gasteiger partial charge in [0.05, 0.1) is 12.8 Å². The Balaban J connectivity index is 1.55. The van der Waals surface area contributed by atoms with E-state index in [1.165, 1.54) is 66.7 Å². The van der Waals surface area contributed by atoms with Crippen LogP contribution in [0.2, 0.25) is 0 Å². The Morgan fingerprint density at radius 2 is 1.37 bits per heavy atom. The first kappa shape index (κ1) is 22.0. The van der Waals surface area contributed by atoms with Gasteiger partial charge in [-0.1, -0.05) is 42.5 Å². The van der Waals surface area contributed by atoms with Crippen molar-refractivity contribution in [3.8, 4) is 16.9 Å². The summed E-state index contributed by atoms with van der Waals surface area (Å²) in [5.41, 5.74) is 13.9. The molecule has 2 aliphatic heterocycles. The number of anilines is 2. The standard InChI is InChI=1S/C32H34N2O/c1-19(2)35-29-12-8-10-24-9-7-11-25(30(24)29)26-15-22(5)32-28(23(26)6)17-34-18-33(32)16-27-20(3)13-14-21(4)31(27)34/h7-15,19H,16-18H2,1-6H3. The largest absolute Gasteiger partial charge is 0.490 e. The SMILES string of the molecule is Cc1ccc(C)c2c1CN1CN2Cc2c(C)c(-c3cccc4cccc(OC(C)C)c34)cc(C)c21. The minimum atomic E-state index is 0.131. The Morgan fingerprint density at radius 3 is 2.11 bits per heavy atom. The van der Waals surface area contributed by atoms with E-state index in [9.17, 15) is 0 Å². The maximum Gasteiger partial charge on any atom is 0.128 e. The summed E-state index contributed by atoms with van der Waals surface area (Å²) in [7, 11) is 0. The Kier molecular flexibility index (Phi) is 5.07. The Bertz CT molecular complexity index is 1480. The van der Waals surface area contributed by atoms with Gasteiger partial charge in [-0.2, -0.15) is 0 Å². The van der Waals surface area contributed by atoms with Gasteiger partial charge >= 0.3 is 0 Å². The van der Waals surface area contributed by atoms with E-state index in [2.05, 4.69) is 106 Å². The van der Waals surface area contributed by atoms with Crippen LogP contribution in [0.4, 0.5) is 11.4 Å². The number of fused-ring (bicyclic) bond motifs is 7. The van der Waals surface area contributed by atoms with Crippen LogP contribution < -0.4 is 14.5 Å². The number of rotatable bonds is 3. The number of hydrogen-bond acceptors (Lipinski definition) is 3. The van der Waals surface area contributed by atoms with Crippen LogP contribution in [0.1, 0.15) is 47.2 Å². The molecule has 2 aliphatic rings. The molecule has 2 bridgehead atoms. The molecule has 35 heavy (non-hydrogen) atoms. The highest BCUT2D eigenvalue weighted by molar-refractivity contribution is 6.02. The molecule has 0 unspecified atom stereocenters. The average molecular weight is 463 g/mol. The Hall–Kier alpha value is -3.46. The van der Waals surface area contributed by atoms with E-state index >= 15 is 0 Å². The molecule has 0 aromatic heterocycles. The van der Waals surface area contributed by atoms with Gasteiger partial charge in [0.2, 0.25) is 0 Å². The summed E-state index contributed by atoms with van der Waals surface area (Å²) in [4.78, 5) is 5.16. The van der Waals surface area contributed by atoms with E-state index in [0.717, 1.165) is 25.5 Å². The first-order valence-corrected chi connectivity index (χ1v) is 12.7. The maximum atomic E-state index is 6.28. The highest BCUT2D eigenvalue weighted by Crippen LogP contribution is 2.46. The van der Waals surface area contributed by atoms with Gasteiger partial charge in [-0.3, -0.25) is 0 Å². The van der Waals surface area contributed by atoms with Gasteiger partial charge in [-0.15, -0.1) is 0 Å². The van der Waals surface area contributed by atoms with E-state index in [0.29, 0.717) is 0 Å². The van der Waals surface area contributed by atoms with Crippen molar-refractivity contribution < 1.29 is 4.74 Å². The molecule has 0 spiro atoms. The monoisotopic (exact) mass is 462 g/mol. The van der Waals surface area contributed by atoms with E-state index in [1.54, 1.807) is 0 Å². The summed E-state index contributed by atoms with van der Waals surface area (Å²) in [6, 6.07) is 20.0. The molecule has 0 saturated carbocycles. The third-order valence-electron chi connectivity index (χ3n) is 7.79. The molecule has 4 aromatic rings. The highest BCUT2D eigenvalue weighted by atomic mass is 16.5. The summed E-state index contributed by atoms with van der Waals surface area (Å²) in [6.07, 6.45) is 0.131. The Labute approximate surface area is 208 Å². The lowest BCUT2D eigenvalue weighted by Crippen LogP contribution is -2.47. The quantitative estimate of drug-likeness (QED) is 0.309. The summed E-state index contributed by atoms with van der Waals surface area (Å²) >= 11 is 0.